The number of ketones is 1. The van der Waals surface area contributed by atoms with Crippen LogP contribution < -0.4 is 9.47 Å². The van der Waals surface area contributed by atoms with Crippen LogP contribution in [0.2, 0.25) is 0 Å². The first-order valence-corrected chi connectivity index (χ1v) is 8.59. The molecule has 0 unspecified atom stereocenters. The van der Waals surface area contributed by atoms with Crippen LogP contribution >= 0.6 is 15.9 Å². The van der Waals surface area contributed by atoms with Crippen molar-refractivity contribution >= 4 is 21.7 Å². The van der Waals surface area contributed by atoms with Gasteiger partial charge >= 0.3 is 0 Å². The molecule has 1 aliphatic heterocycles. The molecule has 1 aliphatic carbocycles. The number of carbonyl (C=O) groups excluding carboxylic acids is 1. The van der Waals surface area contributed by atoms with E-state index >= 15 is 0 Å². The molecule has 1 heterocycles. The summed E-state index contributed by atoms with van der Waals surface area (Å²) in [4.78, 5) is 12.6. The Balaban J connectivity index is 1.81. The number of benzene rings is 1. The highest BCUT2D eigenvalue weighted by Crippen LogP contribution is 2.43. The van der Waals surface area contributed by atoms with Crippen molar-refractivity contribution in [3.05, 3.63) is 35.1 Å². The molecule has 0 saturated heterocycles. The molecule has 2 aliphatic rings. The SMILES string of the molecule is CC(=C1Oc2cccc(OCCCCBr)c2C1=O)C1CC1. The lowest BCUT2D eigenvalue weighted by molar-refractivity contribution is 0.101. The first-order valence-electron chi connectivity index (χ1n) is 7.47. The number of halogens is 1. The third kappa shape index (κ3) is 3.00. The predicted molar refractivity (Wildman–Crippen MR) is 85.3 cm³/mol. The van der Waals surface area contributed by atoms with Crippen LogP contribution in [0, 0.1) is 5.92 Å². The zero-order chi connectivity index (χ0) is 14.8. The third-order valence-corrected chi connectivity index (χ3v) is 4.53. The van der Waals surface area contributed by atoms with E-state index in [0.717, 1.165) is 36.6 Å². The fourth-order valence-corrected chi connectivity index (χ4v) is 2.95. The Morgan fingerprint density at radius 2 is 2.19 bits per heavy atom. The fraction of sp³-hybridized carbons (Fsp3) is 0.471. The molecule has 1 saturated carbocycles. The maximum absolute atomic E-state index is 12.6. The van der Waals surface area contributed by atoms with E-state index < -0.39 is 0 Å². The lowest BCUT2D eigenvalue weighted by Crippen LogP contribution is -2.05. The second-order valence-electron chi connectivity index (χ2n) is 5.59. The maximum Gasteiger partial charge on any atom is 0.235 e. The Bertz CT molecular complexity index is 588. The molecule has 112 valence electrons. The van der Waals surface area contributed by atoms with Crippen molar-refractivity contribution < 1.29 is 14.3 Å². The molecule has 0 bridgehead atoms. The normalized spacial score (nSPS) is 19.2. The van der Waals surface area contributed by atoms with Gasteiger partial charge in [0.2, 0.25) is 5.78 Å². The molecule has 21 heavy (non-hydrogen) atoms. The summed E-state index contributed by atoms with van der Waals surface area (Å²) in [6.07, 6.45) is 4.36. The molecule has 1 fully saturated rings. The summed E-state index contributed by atoms with van der Waals surface area (Å²) < 4.78 is 11.6. The van der Waals surface area contributed by atoms with Crippen molar-refractivity contribution in [2.24, 2.45) is 5.92 Å². The average Bonchev–Trinajstić information content (AvgIpc) is 3.28. The van der Waals surface area contributed by atoms with Crippen LogP contribution in [-0.4, -0.2) is 17.7 Å². The molecule has 0 radical (unpaired) electrons. The summed E-state index contributed by atoms with van der Waals surface area (Å²) in [5.74, 6) is 2.30. The Hall–Kier alpha value is -1.29. The van der Waals surface area contributed by atoms with Crippen molar-refractivity contribution in [2.75, 3.05) is 11.9 Å². The molecule has 0 amide bonds. The quantitative estimate of drug-likeness (QED) is 0.430. The second-order valence-corrected chi connectivity index (χ2v) is 6.38. The monoisotopic (exact) mass is 350 g/mol. The van der Waals surface area contributed by atoms with Crippen LogP contribution in [0.5, 0.6) is 11.5 Å². The highest BCUT2D eigenvalue weighted by atomic mass is 79.9. The molecule has 3 rings (SSSR count). The first kappa shape index (κ1) is 14.6. The van der Waals surface area contributed by atoms with Crippen molar-refractivity contribution in [1.82, 2.24) is 0 Å². The van der Waals surface area contributed by atoms with Crippen LogP contribution in [0.3, 0.4) is 0 Å². The number of hydrogen-bond acceptors (Lipinski definition) is 3. The molecule has 1 aromatic rings. The highest BCUT2D eigenvalue weighted by Gasteiger charge is 2.36. The molecule has 0 aromatic heterocycles. The number of allylic oxidation sites excluding steroid dienone is 2. The molecule has 3 nitrogen and oxygen atoms in total. The van der Waals surface area contributed by atoms with Crippen LogP contribution in [0.15, 0.2) is 29.5 Å². The van der Waals surface area contributed by atoms with E-state index in [1.807, 2.05) is 25.1 Å². The number of carbonyl (C=O) groups is 1. The molecular formula is C17H19BrO3. The molecule has 0 atom stereocenters. The largest absolute Gasteiger partial charge is 0.493 e. The van der Waals surface area contributed by atoms with Gasteiger partial charge in [0.05, 0.1) is 6.61 Å². The van der Waals surface area contributed by atoms with Gasteiger partial charge in [-0.2, -0.15) is 0 Å². The van der Waals surface area contributed by atoms with E-state index in [4.69, 9.17) is 9.47 Å². The van der Waals surface area contributed by atoms with Gasteiger partial charge in [-0.1, -0.05) is 22.0 Å². The number of fused-ring (bicyclic) bond motifs is 1. The molecule has 4 heteroatoms. The topological polar surface area (TPSA) is 35.5 Å². The Kier molecular flexibility index (Phi) is 4.34. The van der Waals surface area contributed by atoms with Gasteiger partial charge in [-0.15, -0.1) is 0 Å². The zero-order valence-electron chi connectivity index (χ0n) is 12.2. The summed E-state index contributed by atoms with van der Waals surface area (Å²) in [6.45, 7) is 2.63. The van der Waals surface area contributed by atoms with Crippen molar-refractivity contribution in [1.29, 1.82) is 0 Å². The lowest BCUT2D eigenvalue weighted by atomic mass is 10.1. The van der Waals surface area contributed by atoms with Crippen molar-refractivity contribution in [2.45, 2.75) is 32.6 Å². The minimum atomic E-state index is -0.0227. The van der Waals surface area contributed by atoms with Gasteiger partial charge < -0.3 is 9.47 Å². The van der Waals surface area contributed by atoms with E-state index in [0.29, 0.717) is 35.3 Å². The summed E-state index contributed by atoms with van der Waals surface area (Å²) in [5, 5.41) is 0.971. The second kappa shape index (κ2) is 6.22. The third-order valence-electron chi connectivity index (χ3n) is 3.97. The van der Waals surface area contributed by atoms with Gasteiger partial charge in [0.1, 0.15) is 17.1 Å². The van der Waals surface area contributed by atoms with Crippen LogP contribution in [-0.2, 0) is 0 Å². The number of unbranched alkanes of at least 4 members (excludes halogenated alkanes) is 1. The Morgan fingerprint density at radius 1 is 1.38 bits per heavy atom. The van der Waals surface area contributed by atoms with E-state index in [9.17, 15) is 4.79 Å². The minimum absolute atomic E-state index is 0.0227. The predicted octanol–water partition coefficient (Wildman–Crippen LogP) is 4.50. The van der Waals surface area contributed by atoms with E-state index in [1.165, 1.54) is 0 Å². The number of rotatable bonds is 6. The molecule has 1 aromatic carbocycles. The van der Waals surface area contributed by atoms with Crippen LogP contribution in [0.4, 0.5) is 0 Å². The van der Waals surface area contributed by atoms with Crippen LogP contribution in [0.1, 0.15) is 43.0 Å². The van der Waals surface area contributed by atoms with Gasteiger partial charge in [0.25, 0.3) is 0 Å². The van der Waals surface area contributed by atoms with Crippen molar-refractivity contribution in [3.8, 4) is 11.5 Å². The standard InChI is InChI=1S/C17H19BrO3/c1-11(12-7-8-12)17-16(19)15-13(20-10-3-2-9-18)5-4-6-14(15)21-17/h4-6,12H,2-3,7-10H2,1H3. The molecular weight excluding hydrogens is 332 g/mol. The lowest BCUT2D eigenvalue weighted by Gasteiger charge is -2.07. The number of ether oxygens (including phenoxy) is 2. The molecule has 0 spiro atoms. The number of Topliss-reactive ketones (excluding diaryl/α,β-unsaturated/α-hetero) is 1. The van der Waals surface area contributed by atoms with Gasteiger partial charge in [0, 0.05) is 5.33 Å². The Labute approximate surface area is 133 Å². The maximum atomic E-state index is 12.6. The average molecular weight is 351 g/mol. The summed E-state index contributed by atoms with van der Waals surface area (Å²) in [5.41, 5.74) is 1.67. The van der Waals surface area contributed by atoms with Gasteiger partial charge in [0.15, 0.2) is 5.76 Å². The van der Waals surface area contributed by atoms with Crippen LogP contribution in [0.25, 0.3) is 0 Å². The van der Waals surface area contributed by atoms with E-state index in [1.54, 1.807) is 0 Å². The zero-order valence-corrected chi connectivity index (χ0v) is 13.7. The van der Waals surface area contributed by atoms with Gasteiger partial charge in [-0.05, 0) is 56.2 Å². The number of alkyl halides is 1. The fourth-order valence-electron chi connectivity index (χ4n) is 2.55. The summed E-state index contributed by atoms with van der Waals surface area (Å²) >= 11 is 3.40. The highest BCUT2D eigenvalue weighted by molar-refractivity contribution is 9.09. The van der Waals surface area contributed by atoms with Gasteiger partial charge in [-0.3, -0.25) is 4.79 Å². The Morgan fingerprint density at radius 3 is 2.90 bits per heavy atom. The van der Waals surface area contributed by atoms with E-state index in [-0.39, 0.29) is 5.78 Å². The number of hydrogen-bond donors (Lipinski definition) is 0. The first-order chi connectivity index (χ1) is 10.2. The van der Waals surface area contributed by atoms with Crippen molar-refractivity contribution in [3.63, 3.8) is 0 Å². The summed E-state index contributed by atoms with van der Waals surface area (Å²) in [7, 11) is 0. The van der Waals surface area contributed by atoms with E-state index in [2.05, 4.69) is 15.9 Å². The molecule has 0 N–H and O–H groups in total. The smallest absolute Gasteiger partial charge is 0.235 e. The minimum Gasteiger partial charge on any atom is -0.493 e. The summed E-state index contributed by atoms with van der Waals surface area (Å²) in [6, 6.07) is 5.57. The van der Waals surface area contributed by atoms with Gasteiger partial charge in [-0.25, -0.2) is 0 Å².